The van der Waals surface area contributed by atoms with Gasteiger partial charge in [0.2, 0.25) is 6.79 Å². The van der Waals surface area contributed by atoms with Crippen LogP contribution in [0, 0.1) is 23.3 Å². The smallest absolute Gasteiger partial charge is 0.231 e. The third-order valence-corrected chi connectivity index (χ3v) is 5.28. The predicted octanol–water partition coefficient (Wildman–Crippen LogP) is 5.72. The number of benzene rings is 3. The second kappa shape index (κ2) is 7.72. The van der Waals surface area contributed by atoms with Crippen LogP contribution < -0.4 is 9.47 Å². The van der Waals surface area contributed by atoms with E-state index in [9.17, 15) is 22.7 Å². The lowest BCUT2D eigenvalue weighted by molar-refractivity contribution is 0.174. The fraction of sp³-hybridized carbons (Fsp3) is 0.0833. The highest BCUT2D eigenvalue weighted by molar-refractivity contribution is 5.81. The first-order chi connectivity index (χ1) is 15.4. The van der Waals surface area contributed by atoms with Crippen LogP contribution in [-0.2, 0) is 0 Å². The molecule has 4 aromatic rings. The summed E-state index contributed by atoms with van der Waals surface area (Å²) in [6.07, 6.45) is -1.79. The van der Waals surface area contributed by atoms with Crippen LogP contribution in [0.4, 0.5) is 17.6 Å². The maximum absolute atomic E-state index is 14.4. The molecular formula is C24H15F4NO3. The summed E-state index contributed by atoms with van der Waals surface area (Å²) >= 11 is 0. The minimum Gasteiger partial charge on any atom is -0.454 e. The zero-order valence-electron chi connectivity index (χ0n) is 16.3. The molecule has 0 fully saturated rings. The third-order valence-electron chi connectivity index (χ3n) is 5.28. The number of halogens is 4. The summed E-state index contributed by atoms with van der Waals surface area (Å²) in [5.74, 6) is -3.09. The van der Waals surface area contributed by atoms with Crippen molar-refractivity contribution in [3.05, 3.63) is 95.2 Å². The van der Waals surface area contributed by atoms with E-state index < -0.39 is 34.9 Å². The molecule has 1 aliphatic heterocycles. The van der Waals surface area contributed by atoms with Crippen molar-refractivity contribution in [3.8, 4) is 33.9 Å². The molecule has 2 heterocycles. The number of ether oxygens (including phenoxy) is 2. The number of para-hydroxylation sites is 1. The molecule has 1 aromatic heterocycles. The molecule has 162 valence electrons. The Labute approximate surface area is 179 Å². The highest BCUT2D eigenvalue weighted by Crippen LogP contribution is 2.45. The Hall–Kier alpha value is -3.78. The summed E-state index contributed by atoms with van der Waals surface area (Å²) < 4.78 is 66.6. The largest absolute Gasteiger partial charge is 0.454 e. The van der Waals surface area contributed by atoms with Crippen molar-refractivity contribution in [1.82, 2.24) is 4.98 Å². The Morgan fingerprint density at radius 3 is 2.25 bits per heavy atom. The number of nitrogens with one attached hydrogen (secondary N) is 1. The van der Waals surface area contributed by atoms with Gasteiger partial charge in [-0.1, -0.05) is 12.1 Å². The second-order valence-electron chi connectivity index (χ2n) is 7.24. The molecule has 4 nitrogen and oxygen atoms in total. The van der Waals surface area contributed by atoms with Gasteiger partial charge in [-0.2, -0.15) is 0 Å². The van der Waals surface area contributed by atoms with Gasteiger partial charge < -0.3 is 19.6 Å². The molecule has 8 heteroatoms. The van der Waals surface area contributed by atoms with Crippen LogP contribution >= 0.6 is 0 Å². The molecule has 0 saturated heterocycles. The van der Waals surface area contributed by atoms with Gasteiger partial charge in [0.05, 0.1) is 11.3 Å². The van der Waals surface area contributed by atoms with Gasteiger partial charge in [0.15, 0.2) is 11.5 Å². The summed E-state index contributed by atoms with van der Waals surface area (Å²) in [5.41, 5.74) is 1.30. The zero-order valence-corrected chi connectivity index (χ0v) is 16.3. The minimum atomic E-state index is -1.79. The van der Waals surface area contributed by atoms with Gasteiger partial charge in [-0.15, -0.1) is 0 Å². The average molecular weight is 441 g/mol. The van der Waals surface area contributed by atoms with Crippen LogP contribution in [0.25, 0.3) is 22.4 Å². The van der Waals surface area contributed by atoms with E-state index in [2.05, 4.69) is 4.98 Å². The molecule has 0 saturated carbocycles. The lowest BCUT2D eigenvalue weighted by atomic mass is 9.97. The summed E-state index contributed by atoms with van der Waals surface area (Å²) in [4.78, 5) is 2.98. The van der Waals surface area contributed by atoms with E-state index in [1.165, 1.54) is 24.3 Å². The van der Waals surface area contributed by atoms with E-state index >= 15 is 0 Å². The monoisotopic (exact) mass is 441 g/mol. The van der Waals surface area contributed by atoms with Crippen molar-refractivity contribution in [2.75, 3.05) is 6.79 Å². The van der Waals surface area contributed by atoms with Crippen molar-refractivity contribution < 1.29 is 32.1 Å². The molecule has 0 spiro atoms. The molecule has 1 atom stereocenters. The number of aliphatic hydroxyl groups excluding tert-OH is 1. The van der Waals surface area contributed by atoms with Crippen LogP contribution in [0.2, 0.25) is 0 Å². The van der Waals surface area contributed by atoms with Gasteiger partial charge in [-0.3, -0.25) is 0 Å². The highest BCUT2D eigenvalue weighted by Gasteiger charge is 2.28. The lowest BCUT2D eigenvalue weighted by Crippen LogP contribution is -2.08. The second-order valence-corrected chi connectivity index (χ2v) is 7.24. The predicted molar refractivity (Wildman–Crippen MR) is 108 cm³/mol. The first kappa shape index (κ1) is 20.1. The van der Waals surface area contributed by atoms with E-state index in [4.69, 9.17) is 9.47 Å². The molecule has 2 N–H and O–H groups in total. The number of aromatic nitrogens is 1. The maximum atomic E-state index is 14.4. The summed E-state index contributed by atoms with van der Waals surface area (Å²) in [6, 6.07) is 13.4. The van der Waals surface area contributed by atoms with E-state index in [1.54, 1.807) is 24.3 Å². The molecule has 1 unspecified atom stereocenters. The van der Waals surface area contributed by atoms with Crippen LogP contribution in [0.5, 0.6) is 11.5 Å². The number of hydrogen-bond acceptors (Lipinski definition) is 3. The number of hydrogen-bond donors (Lipinski definition) is 2. The molecule has 5 rings (SSSR count). The van der Waals surface area contributed by atoms with Crippen LogP contribution in [0.15, 0.2) is 60.7 Å². The molecule has 1 aliphatic rings. The molecule has 0 amide bonds. The fourth-order valence-corrected chi connectivity index (χ4v) is 3.80. The number of rotatable bonds is 4. The molecule has 32 heavy (non-hydrogen) atoms. The van der Waals surface area contributed by atoms with Crippen molar-refractivity contribution in [1.29, 1.82) is 0 Å². The van der Waals surface area contributed by atoms with Crippen LogP contribution in [0.1, 0.15) is 17.4 Å². The van der Waals surface area contributed by atoms with Crippen molar-refractivity contribution in [2.24, 2.45) is 0 Å². The van der Waals surface area contributed by atoms with Crippen molar-refractivity contribution >= 4 is 0 Å². The molecule has 0 aliphatic carbocycles. The number of aromatic amines is 1. The van der Waals surface area contributed by atoms with Gasteiger partial charge >= 0.3 is 0 Å². The molecule has 0 radical (unpaired) electrons. The highest BCUT2D eigenvalue weighted by atomic mass is 19.1. The van der Waals surface area contributed by atoms with E-state index in [0.29, 0.717) is 46.0 Å². The maximum Gasteiger partial charge on any atom is 0.231 e. The van der Waals surface area contributed by atoms with E-state index in [-0.39, 0.29) is 12.5 Å². The van der Waals surface area contributed by atoms with Gasteiger partial charge in [0.25, 0.3) is 0 Å². The number of aliphatic hydroxyl groups is 1. The first-order valence-electron chi connectivity index (χ1n) is 9.62. The zero-order chi connectivity index (χ0) is 22.4. The number of H-pyrrole nitrogens is 1. The Balaban J connectivity index is 1.71. The SMILES string of the molecule is OC(c1[nH]c(-c2ccc(F)cc2)cc1-c1cccc2c1OCO2)c1c(F)cc(F)cc1F. The Kier molecular flexibility index (Phi) is 4.86. The minimum absolute atomic E-state index is 0.000689. The van der Waals surface area contributed by atoms with Crippen LogP contribution in [0.3, 0.4) is 0 Å². The Morgan fingerprint density at radius 1 is 0.812 bits per heavy atom. The molecule has 0 bridgehead atoms. The van der Waals surface area contributed by atoms with Gasteiger partial charge in [0.1, 0.15) is 29.4 Å². The normalized spacial score (nSPS) is 13.4. The van der Waals surface area contributed by atoms with E-state index in [1.807, 2.05) is 0 Å². The average Bonchev–Trinajstić information content (AvgIpc) is 3.40. The fourth-order valence-electron chi connectivity index (χ4n) is 3.80. The standard InChI is InChI=1S/C24H15F4NO3/c25-13-6-4-12(5-7-13)19-10-16(15-2-1-3-20-24(15)32-11-31-20)22(29-19)23(30)21-17(27)8-14(26)9-18(21)28/h1-10,23,29-30H,11H2. The molecular weight excluding hydrogens is 426 g/mol. The van der Waals surface area contributed by atoms with Crippen molar-refractivity contribution in [3.63, 3.8) is 0 Å². The summed E-state index contributed by atoms with van der Waals surface area (Å²) in [5, 5.41) is 11.0. The van der Waals surface area contributed by atoms with Gasteiger partial charge in [0, 0.05) is 29.0 Å². The van der Waals surface area contributed by atoms with E-state index in [0.717, 1.165) is 0 Å². The topological polar surface area (TPSA) is 54.5 Å². The lowest BCUT2D eigenvalue weighted by Gasteiger charge is -2.15. The Morgan fingerprint density at radius 2 is 1.53 bits per heavy atom. The van der Waals surface area contributed by atoms with Gasteiger partial charge in [-0.25, -0.2) is 17.6 Å². The van der Waals surface area contributed by atoms with Crippen molar-refractivity contribution in [2.45, 2.75) is 6.10 Å². The quantitative estimate of drug-likeness (QED) is 0.399. The molecule has 3 aromatic carbocycles. The number of fused-ring (bicyclic) bond motifs is 1. The Bertz CT molecular complexity index is 1290. The first-order valence-corrected chi connectivity index (χ1v) is 9.62. The van der Waals surface area contributed by atoms with Crippen LogP contribution in [-0.4, -0.2) is 16.9 Å². The third kappa shape index (κ3) is 3.38. The summed E-state index contributed by atoms with van der Waals surface area (Å²) in [6.45, 7) is 0.000689. The van der Waals surface area contributed by atoms with Gasteiger partial charge in [-0.05, 0) is 42.0 Å². The summed E-state index contributed by atoms with van der Waals surface area (Å²) in [7, 11) is 0.